The van der Waals surface area contributed by atoms with Crippen LogP contribution in [0.5, 0.6) is 0 Å². The van der Waals surface area contributed by atoms with Crippen LogP contribution in [0.2, 0.25) is 0 Å². The summed E-state index contributed by atoms with van der Waals surface area (Å²) >= 11 is 1.37. The van der Waals surface area contributed by atoms with Gasteiger partial charge in [0, 0.05) is 11.8 Å². The molecule has 4 rings (SSSR count). The Bertz CT molecular complexity index is 1270. The van der Waals surface area contributed by atoms with Gasteiger partial charge in [-0.15, -0.1) is 5.10 Å². The quantitative estimate of drug-likeness (QED) is 0.477. The number of benzene rings is 2. The predicted molar refractivity (Wildman–Crippen MR) is 106 cm³/mol. The first kappa shape index (κ1) is 18.3. The molecular weight excluding hydrogens is 398 g/mol. The van der Waals surface area contributed by atoms with Gasteiger partial charge in [-0.2, -0.15) is 4.98 Å². The normalized spacial score (nSPS) is 11.6. The van der Waals surface area contributed by atoms with Crippen molar-refractivity contribution in [3.63, 3.8) is 0 Å². The highest BCUT2D eigenvalue weighted by atomic mass is 32.2. The summed E-state index contributed by atoms with van der Waals surface area (Å²) in [5.41, 5.74) is 2.51. The first-order valence-corrected chi connectivity index (χ1v) is 10.9. The van der Waals surface area contributed by atoms with Crippen molar-refractivity contribution in [2.75, 3.05) is 13.4 Å². The Kier molecular flexibility index (Phi) is 4.48. The molecule has 0 saturated carbocycles. The van der Waals surface area contributed by atoms with E-state index in [4.69, 9.17) is 4.74 Å². The van der Waals surface area contributed by atoms with Gasteiger partial charge >= 0.3 is 5.97 Å². The number of thiazole rings is 1. The average Bonchev–Trinajstić information content (AvgIpc) is 3.25. The number of rotatable bonds is 4. The molecule has 2 aromatic heterocycles. The number of ether oxygens (including phenoxy) is 1. The van der Waals surface area contributed by atoms with Gasteiger partial charge in [-0.3, -0.25) is 0 Å². The van der Waals surface area contributed by atoms with Gasteiger partial charge in [-0.25, -0.2) is 17.7 Å². The number of carbonyl (C=O) groups excluding carboxylic acids is 1. The van der Waals surface area contributed by atoms with E-state index in [0.717, 1.165) is 21.7 Å². The van der Waals surface area contributed by atoms with Gasteiger partial charge in [-0.05, 0) is 17.7 Å². The summed E-state index contributed by atoms with van der Waals surface area (Å²) in [6.45, 7) is 0. The van der Waals surface area contributed by atoms with Crippen molar-refractivity contribution in [2.24, 2.45) is 0 Å². The molecule has 0 spiro atoms. The van der Waals surface area contributed by atoms with Gasteiger partial charge in [0.25, 0.3) is 5.82 Å². The minimum absolute atomic E-state index is 0.00935. The highest BCUT2D eigenvalue weighted by molar-refractivity contribution is 7.90. The van der Waals surface area contributed by atoms with Gasteiger partial charge in [-0.1, -0.05) is 53.8 Å². The molecule has 0 aliphatic carbocycles. The van der Waals surface area contributed by atoms with E-state index in [2.05, 4.69) is 10.1 Å². The monoisotopic (exact) mass is 413 g/mol. The molecule has 0 saturated heterocycles. The Balaban J connectivity index is 1.93. The molecule has 0 radical (unpaired) electrons. The summed E-state index contributed by atoms with van der Waals surface area (Å²) in [5, 5.41) is 4.31. The van der Waals surface area contributed by atoms with Crippen molar-refractivity contribution in [1.82, 2.24) is 14.6 Å². The molecule has 4 aromatic rings. The predicted octanol–water partition coefficient (Wildman–Crippen LogP) is 3.31. The molecule has 2 aromatic carbocycles. The SMILES string of the molecule is COC(=O)c1nc2sc(-c3ccc(S(C)(=O)=O)cc3)c(-c3ccccc3)n2n1. The van der Waals surface area contributed by atoms with Gasteiger partial charge in [0.2, 0.25) is 4.96 Å². The molecule has 2 heterocycles. The smallest absolute Gasteiger partial charge is 0.378 e. The van der Waals surface area contributed by atoms with Crippen LogP contribution in [0.15, 0.2) is 59.5 Å². The van der Waals surface area contributed by atoms with Gasteiger partial charge in [0.15, 0.2) is 9.84 Å². The van der Waals surface area contributed by atoms with Crippen LogP contribution in [0.25, 0.3) is 26.7 Å². The number of hydrogen-bond acceptors (Lipinski definition) is 7. The zero-order valence-electron chi connectivity index (χ0n) is 15.0. The fourth-order valence-corrected chi connectivity index (χ4v) is 4.54. The Morgan fingerprint density at radius 1 is 1.04 bits per heavy atom. The second-order valence-electron chi connectivity index (χ2n) is 6.06. The molecule has 0 aliphatic heterocycles. The Labute approximate surface area is 165 Å². The van der Waals surface area contributed by atoms with E-state index in [0.29, 0.717) is 4.96 Å². The van der Waals surface area contributed by atoms with Crippen LogP contribution in [0.4, 0.5) is 0 Å². The van der Waals surface area contributed by atoms with Crippen LogP contribution < -0.4 is 0 Å². The number of hydrogen-bond donors (Lipinski definition) is 0. The topological polar surface area (TPSA) is 90.6 Å². The van der Waals surface area contributed by atoms with Crippen LogP contribution >= 0.6 is 11.3 Å². The van der Waals surface area contributed by atoms with Crippen LogP contribution in [-0.2, 0) is 14.6 Å². The number of esters is 1. The molecule has 142 valence electrons. The maximum atomic E-state index is 11.8. The lowest BCUT2D eigenvalue weighted by molar-refractivity contribution is 0.0587. The third-order valence-corrected chi connectivity index (χ3v) is 6.37. The molecule has 0 N–H and O–H groups in total. The molecule has 0 amide bonds. The molecular formula is C19H15N3O4S2. The van der Waals surface area contributed by atoms with E-state index in [1.807, 2.05) is 30.3 Å². The van der Waals surface area contributed by atoms with Gasteiger partial charge < -0.3 is 4.74 Å². The van der Waals surface area contributed by atoms with Crippen LogP contribution in [0.3, 0.4) is 0 Å². The van der Waals surface area contributed by atoms with E-state index in [-0.39, 0.29) is 10.7 Å². The van der Waals surface area contributed by atoms with E-state index in [1.54, 1.807) is 28.8 Å². The molecule has 0 aliphatic rings. The Morgan fingerprint density at radius 2 is 1.71 bits per heavy atom. The molecule has 0 bridgehead atoms. The molecule has 0 unspecified atom stereocenters. The summed E-state index contributed by atoms with van der Waals surface area (Å²) in [4.78, 5) is 17.7. The van der Waals surface area contributed by atoms with E-state index in [1.165, 1.54) is 24.7 Å². The maximum absolute atomic E-state index is 11.8. The zero-order valence-corrected chi connectivity index (χ0v) is 16.6. The lowest BCUT2D eigenvalue weighted by Gasteiger charge is -2.06. The van der Waals surface area contributed by atoms with Crippen molar-refractivity contribution in [1.29, 1.82) is 0 Å². The zero-order chi connectivity index (χ0) is 19.9. The third-order valence-electron chi connectivity index (χ3n) is 4.16. The number of methoxy groups -OCH3 is 1. The van der Waals surface area contributed by atoms with Crippen molar-refractivity contribution in [3.05, 3.63) is 60.4 Å². The Hall–Kier alpha value is -3.04. The number of nitrogens with zero attached hydrogens (tertiary/aromatic N) is 3. The van der Waals surface area contributed by atoms with Gasteiger partial charge in [0.05, 0.1) is 22.6 Å². The third kappa shape index (κ3) is 3.19. The second kappa shape index (κ2) is 6.84. The van der Waals surface area contributed by atoms with Crippen molar-refractivity contribution in [2.45, 2.75) is 4.90 Å². The summed E-state index contributed by atoms with van der Waals surface area (Å²) in [5.74, 6) is -0.612. The molecule has 7 nitrogen and oxygen atoms in total. The average molecular weight is 413 g/mol. The standard InChI is InChI=1S/C19H15N3O4S2/c1-26-18(23)17-20-19-22(21-17)15(12-6-4-3-5-7-12)16(27-19)13-8-10-14(11-9-13)28(2,24)25/h3-11H,1-2H3. The number of sulfone groups is 1. The van der Waals surface area contributed by atoms with Crippen molar-refractivity contribution in [3.8, 4) is 21.7 Å². The summed E-state index contributed by atoms with van der Waals surface area (Å²) in [7, 11) is -1.99. The summed E-state index contributed by atoms with van der Waals surface area (Å²) in [6.07, 6.45) is 1.18. The second-order valence-corrected chi connectivity index (χ2v) is 9.06. The largest absolute Gasteiger partial charge is 0.463 e. The van der Waals surface area contributed by atoms with Crippen LogP contribution in [-0.4, -0.2) is 42.4 Å². The van der Waals surface area contributed by atoms with Crippen molar-refractivity contribution >= 4 is 32.1 Å². The van der Waals surface area contributed by atoms with E-state index in [9.17, 15) is 13.2 Å². The highest BCUT2D eigenvalue weighted by Gasteiger charge is 2.22. The minimum atomic E-state index is -3.27. The Morgan fingerprint density at radius 3 is 2.32 bits per heavy atom. The first-order chi connectivity index (χ1) is 13.4. The minimum Gasteiger partial charge on any atom is -0.463 e. The lowest BCUT2D eigenvalue weighted by atomic mass is 10.1. The number of fused-ring (bicyclic) bond motifs is 1. The van der Waals surface area contributed by atoms with Gasteiger partial charge in [0.1, 0.15) is 0 Å². The van der Waals surface area contributed by atoms with Crippen molar-refractivity contribution < 1.29 is 17.9 Å². The molecule has 9 heteroatoms. The first-order valence-electron chi connectivity index (χ1n) is 8.22. The lowest BCUT2D eigenvalue weighted by Crippen LogP contribution is -2.04. The number of aromatic nitrogens is 3. The van der Waals surface area contributed by atoms with Crippen LogP contribution in [0.1, 0.15) is 10.6 Å². The van der Waals surface area contributed by atoms with Crippen LogP contribution in [0, 0.1) is 0 Å². The molecule has 28 heavy (non-hydrogen) atoms. The fourth-order valence-electron chi connectivity index (χ4n) is 2.82. The molecule has 0 atom stereocenters. The number of carbonyl (C=O) groups is 1. The summed E-state index contributed by atoms with van der Waals surface area (Å²) in [6, 6.07) is 16.3. The van der Waals surface area contributed by atoms with E-state index >= 15 is 0 Å². The maximum Gasteiger partial charge on any atom is 0.378 e. The van der Waals surface area contributed by atoms with E-state index < -0.39 is 15.8 Å². The summed E-state index contributed by atoms with van der Waals surface area (Å²) < 4.78 is 29.8. The highest BCUT2D eigenvalue weighted by Crippen LogP contribution is 2.39. The fraction of sp³-hybridized carbons (Fsp3) is 0.105. The molecule has 0 fully saturated rings.